The summed E-state index contributed by atoms with van der Waals surface area (Å²) in [5, 5.41) is 46.1. The van der Waals surface area contributed by atoms with Crippen molar-refractivity contribution < 1.29 is 44.2 Å². The summed E-state index contributed by atoms with van der Waals surface area (Å²) in [6.45, 7) is 5.07. The number of hydrogen-bond donors (Lipinski definition) is 5. The second-order valence-electron chi connectivity index (χ2n) is 12.0. The van der Waals surface area contributed by atoms with Crippen molar-refractivity contribution in [2.24, 2.45) is 5.92 Å². The van der Waals surface area contributed by atoms with Crippen LogP contribution in [0.1, 0.15) is 40.0 Å². The number of aliphatic hydroxyl groups excluding tert-OH is 2. The molecule has 10 atom stereocenters. The predicted octanol–water partition coefficient (Wildman–Crippen LogP) is -1.38. The zero-order valence-electron chi connectivity index (χ0n) is 23.3. The van der Waals surface area contributed by atoms with Gasteiger partial charge in [-0.25, -0.2) is 0 Å². The van der Waals surface area contributed by atoms with E-state index in [0.717, 1.165) is 0 Å². The van der Waals surface area contributed by atoms with Crippen LogP contribution in [0, 0.1) is 5.92 Å². The van der Waals surface area contributed by atoms with Crippen LogP contribution in [0.25, 0.3) is 0 Å². The summed E-state index contributed by atoms with van der Waals surface area (Å²) in [6, 6.07) is -2.44. The number of fused-ring (bicyclic) bond motifs is 4. The van der Waals surface area contributed by atoms with E-state index in [1.165, 1.54) is 7.11 Å². The molecule has 0 saturated carbocycles. The third-order valence-electron chi connectivity index (χ3n) is 9.31. The van der Waals surface area contributed by atoms with Crippen LogP contribution >= 0.6 is 0 Å². The van der Waals surface area contributed by atoms with E-state index in [9.17, 15) is 30.0 Å². The molecule has 2 bridgehead atoms. The van der Waals surface area contributed by atoms with Crippen molar-refractivity contribution in [3.8, 4) is 0 Å². The van der Waals surface area contributed by atoms with Crippen molar-refractivity contribution >= 4 is 11.6 Å². The van der Waals surface area contributed by atoms with Gasteiger partial charge in [0.25, 0.3) is 0 Å². The summed E-state index contributed by atoms with van der Waals surface area (Å²) in [6.07, 6.45) is -3.12. The molecule has 3 fully saturated rings. The number of methoxy groups -OCH3 is 1. The van der Waals surface area contributed by atoms with E-state index >= 15 is 0 Å². The number of nitrogens with one attached hydrogen (secondary N) is 1. The first kappa shape index (κ1) is 28.8. The topological polar surface area (TPSA) is 161 Å². The highest BCUT2D eigenvalue weighted by Crippen LogP contribution is 2.45. The number of aliphatic hydroxyl groups is 4. The summed E-state index contributed by atoms with van der Waals surface area (Å²) < 4.78 is 17.7. The van der Waals surface area contributed by atoms with Crippen LogP contribution in [0.3, 0.4) is 0 Å². The lowest BCUT2D eigenvalue weighted by Crippen LogP contribution is -2.70. The standard InChI is InChI=1S/C27H41N3O9/c1-11-21(31)13-8-16-20-14(26(34)35)7-15(28-20)25(33)30(16)17(19(13)22(32)23(11)37-6)10-38-18-9-27(3,36)24(29(4)5)12(2)39-18/h12,14-18,20,24-26,28,33-36H,7-10H2,1-6H3/t12?,14-,15?,16+,17+,18?,20?,24?,25+,27?/m1/s1. The molecule has 5 rings (SSSR count). The molecular formula is C27H41N3O9. The van der Waals surface area contributed by atoms with Crippen molar-refractivity contribution in [3.63, 3.8) is 0 Å². The van der Waals surface area contributed by atoms with E-state index in [1.807, 2.05) is 25.9 Å². The first-order valence-electron chi connectivity index (χ1n) is 13.6. The summed E-state index contributed by atoms with van der Waals surface area (Å²) in [4.78, 5) is 30.9. The fourth-order valence-corrected chi connectivity index (χ4v) is 7.84. The molecule has 5 N–H and O–H groups in total. The number of likely N-dealkylation sites (N-methyl/N-ethyl adjacent to an activating group) is 1. The fraction of sp³-hybridized carbons (Fsp3) is 0.778. The molecule has 6 unspecified atom stereocenters. The van der Waals surface area contributed by atoms with Crippen molar-refractivity contribution in [2.75, 3.05) is 27.8 Å². The summed E-state index contributed by atoms with van der Waals surface area (Å²) in [5.74, 6) is -1.31. The number of hydrogen-bond acceptors (Lipinski definition) is 12. The molecule has 0 aromatic heterocycles. The SMILES string of the molecule is COC1=C(C)C(=O)C2=C(C1=O)[C@H](COC1CC(C)(O)C(N(C)C)C(C)O1)N1[C@@H](O)C3C[C@@H](C(O)O)C(N3)[C@@H]1C2. The third kappa shape index (κ3) is 4.59. The Labute approximate surface area is 228 Å². The highest BCUT2D eigenvalue weighted by Gasteiger charge is 2.58. The first-order chi connectivity index (χ1) is 18.3. The van der Waals surface area contributed by atoms with Crippen LogP contribution in [0.2, 0.25) is 0 Å². The monoisotopic (exact) mass is 551 g/mol. The number of Topliss-reactive ketones (excluding diaryl/α,β-unsaturated/α-hetero) is 2. The Bertz CT molecular complexity index is 1090. The summed E-state index contributed by atoms with van der Waals surface area (Å²) in [5.41, 5.74) is -0.335. The molecule has 5 aliphatic rings. The number of rotatable bonds is 6. The minimum atomic E-state index is -1.60. The van der Waals surface area contributed by atoms with Crippen molar-refractivity contribution in [1.29, 1.82) is 0 Å². The maximum Gasteiger partial charge on any atom is 0.226 e. The van der Waals surface area contributed by atoms with E-state index in [1.54, 1.807) is 18.7 Å². The molecule has 0 aromatic carbocycles. The maximum atomic E-state index is 13.7. The molecule has 0 aromatic rings. The van der Waals surface area contributed by atoms with Crippen LogP contribution in [0.4, 0.5) is 0 Å². The van der Waals surface area contributed by atoms with Gasteiger partial charge in [-0.15, -0.1) is 0 Å². The molecule has 0 spiro atoms. The lowest BCUT2D eigenvalue weighted by molar-refractivity contribution is -0.261. The molecule has 1 aliphatic carbocycles. The molecule has 0 amide bonds. The Morgan fingerprint density at radius 1 is 1.26 bits per heavy atom. The minimum absolute atomic E-state index is 0.0299. The van der Waals surface area contributed by atoms with Crippen LogP contribution in [0.15, 0.2) is 22.5 Å². The molecule has 39 heavy (non-hydrogen) atoms. The molecular weight excluding hydrogens is 510 g/mol. The molecule has 0 radical (unpaired) electrons. The highest BCUT2D eigenvalue weighted by molar-refractivity contribution is 6.25. The number of carbonyl (C=O) groups excluding carboxylic acids is 2. The Balaban J connectivity index is 1.49. The van der Waals surface area contributed by atoms with Crippen LogP contribution in [0.5, 0.6) is 0 Å². The zero-order valence-corrected chi connectivity index (χ0v) is 23.3. The lowest BCUT2D eigenvalue weighted by atomic mass is 9.75. The molecule has 4 aliphatic heterocycles. The van der Waals surface area contributed by atoms with Crippen LogP contribution in [-0.2, 0) is 23.8 Å². The Morgan fingerprint density at radius 3 is 2.54 bits per heavy atom. The van der Waals surface area contributed by atoms with E-state index in [4.69, 9.17) is 14.2 Å². The van der Waals surface area contributed by atoms with Gasteiger partial charge in [0.2, 0.25) is 5.78 Å². The van der Waals surface area contributed by atoms with E-state index in [2.05, 4.69) is 5.32 Å². The molecule has 4 heterocycles. The molecule has 218 valence electrons. The quantitative estimate of drug-likeness (QED) is 0.195. The van der Waals surface area contributed by atoms with Gasteiger partial charge in [-0.05, 0) is 47.7 Å². The van der Waals surface area contributed by atoms with Crippen molar-refractivity contribution in [1.82, 2.24) is 15.1 Å². The van der Waals surface area contributed by atoms with E-state index in [0.29, 0.717) is 12.0 Å². The van der Waals surface area contributed by atoms with Gasteiger partial charge in [-0.2, -0.15) is 0 Å². The van der Waals surface area contributed by atoms with Gasteiger partial charge in [0, 0.05) is 47.2 Å². The van der Waals surface area contributed by atoms with Gasteiger partial charge in [-0.1, -0.05) is 0 Å². The van der Waals surface area contributed by atoms with Crippen molar-refractivity contribution in [2.45, 2.75) is 101 Å². The average Bonchev–Trinajstić information content (AvgIpc) is 3.25. The van der Waals surface area contributed by atoms with Gasteiger partial charge < -0.3 is 44.9 Å². The Morgan fingerprint density at radius 2 is 1.95 bits per heavy atom. The van der Waals surface area contributed by atoms with Gasteiger partial charge in [-0.3, -0.25) is 14.5 Å². The van der Waals surface area contributed by atoms with Gasteiger partial charge in [0.05, 0.1) is 37.5 Å². The van der Waals surface area contributed by atoms with Crippen LogP contribution in [-0.4, -0.2) is 130 Å². The smallest absolute Gasteiger partial charge is 0.226 e. The summed E-state index contributed by atoms with van der Waals surface area (Å²) in [7, 11) is 5.10. The number of carbonyl (C=O) groups is 2. The third-order valence-corrected chi connectivity index (χ3v) is 9.31. The number of ether oxygens (including phenoxy) is 3. The first-order valence-corrected chi connectivity index (χ1v) is 13.6. The largest absolute Gasteiger partial charge is 0.492 e. The minimum Gasteiger partial charge on any atom is -0.492 e. The highest BCUT2D eigenvalue weighted by atomic mass is 16.7. The van der Waals surface area contributed by atoms with Crippen molar-refractivity contribution in [3.05, 3.63) is 22.5 Å². The zero-order chi connectivity index (χ0) is 28.5. The number of allylic oxidation sites excluding steroid dienone is 2. The second kappa shape index (κ2) is 10.3. The Hall–Kier alpha value is -1.74. The van der Waals surface area contributed by atoms with Gasteiger partial charge in [0.1, 0.15) is 6.23 Å². The molecule has 12 nitrogen and oxygen atoms in total. The summed E-state index contributed by atoms with van der Waals surface area (Å²) >= 11 is 0. The number of nitrogens with zero attached hydrogens (tertiary/aromatic N) is 2. The van der Waals surface area contributed by atoms with Gasteiger partial charge in [0.15, 0.2) is 24.1 Å². The lowest BCUT2D eigenvalue weighted by Gasteiger charge is -2.53. The number of ketones is 2. The molecule has 12 heteroatoms. The van der Waals surface area contributed by atoms with E-state index in [-0.39, 0.29) is 54.3 Å². The van der Waals surface area contributed by atoms with E-state index < -0.39 is 60.3 Å². The second-order valence-corrected chi connectivity index (χ2v) is 12.0. The molecule has 3 saturated heterocycles. The number of piperazine rings is 1. The maximum absolute atomic E-state index is 13.7. The average molecular weight is 552 g/mol. The predicted molar refractivity (Wildman–Crippen MR) is 137 cm³/mol. The normalized spacial score (nSPS) is 42.9. The van der Waals surface area contributed by atoms with Gasteiger partial charge >= 0.3 is 0 Å². The van der Waals surface area contributed by atoms with Crippen LogP contribution < -0.4 is 5.32 Å². The fourth-order valence-electron chi connectivity index (χ4n) is 7.84. The Kier molecular flexibility index (Phi) is 7.58.